The molecule has 2 saturated heterocycles. The van der Waals surface area contributed by atoms with Crippen molar-refractivity contribution in [2.24, 2.45) is 5.92 Å². The molecule has 1 aromatic rings. The molecule has 0 bridgehead atoms. The van der Waals surface area contributed by atoms with E-state index in [2.05, 4.69) is 24.1 Å². The lowest BCUT2D eigenvalue weighted by atomic mass is 9.94. The van der Waals surface area contributed by atoms with Crippen molar-refractivity contribution < 1.29 is 13.2 Å². The molecule has 138 valence electrons. The summed E-state index contributed by atoms with van der Waals surface area (Å²) < 4.78 is 24.8. The third-order valence-electron chi connectivity index (χ3n) is 5.32. The van der Waals surface area contributed by atoms with Crippen LogP contribution in [-0.4, -0.2) is 74.5 Å². The van der Waals surface area contributed by atoms with Crippen LogP contribution in [0, 0.1) is 5.92 Å². The summed E-state index contributed by atoms with van der Waals surface area (Å²) in [6.45, 7) is 3.31. The molecule has 0 saturated carbocycles. The third kappa shape index (κ3) is 4.22. The molecule has 2 aliphatic rings. The highest BCUT2D eigenvalue weighted by Gasteiger charge is 2.36. The SMILES string of the molecule is CN1CCN(C(=O)C2CCN(S(C)(=O)=O)CC2)C(c2ccccc2)C1. The Kier molecular flexibility index (Phi) is 5.46. The van der Waals surface area contributed by atoms with Crippen molar-refractivity contribution in [2.75, 3.05) is 46.0 Å². The number of rotatable bonds is 3. The first-order chi connectivity index (χ1) is 11.9. The Morgan fingerprint density at radius 2 is 1.68 bits per heavy atom. The van der Waals surface area contributed by atoms with Gasteiger partial charge in [-0.3, -0.25) is 4.79 Å². The fourth-order valence-electron chi connectivity index (χ4n) is 3.81. The molecule has 6 nitrogen and oxygen atoms in total. The number of sulfonamides is 1. The lowest BCUT2D eigenvalue weighted by molar-refractivity contribution is -0.141. The van der Waals surface area contributed by atoms with E-state index in [-0.39, 0.29) is 17.9 Å². The summed E-state index contributed by atoms with van der Waals surface area (Å²) in [5.74, 6) is 0.0997. The van der Waals surface area contributed by atoms with Crippen LogP contribution < -0.4 is 0 Å². The Morgan fingerprint density at radius 1 is 1.04 bits per heavy atom. The number of nitrogens with zero attached hydrogens (tertiary/aromatic N) is 3. The van der Waals surface area contributed by atoms with Crippen LogP contribution in [0.2, 0.25) is 0 Å². The average Bonchev–Trinajstić information content (AvgIpc) is 2.61. The van der Waals surface area contributed by atoms with Crippen molar-refractivity contribution in [3.05, 3.63) is 35.9 Å². The predicted octanol–water partition coefficient (Wildman–Crippen LogP) is 1.17. The molecule has 2 heterocycles. The quantitative estimate of drug-likeness (QED) is 0.807. The number of benzene rings is 1. The summed E-state index contributed by atoms with van der Waals surface area (Å²) in [6.07, 6.45) is 2.46. The second-order valence-electron chi connectivity index (χ2n) is 7.16. The zero-order valence-corrected chi connectivity index (χ0v) is 15.8. The summed E-state index contributed by atoms with van der Waals surface area (Å²) in [5.41, 5.74) is 1.16. The van der Waals surface area contributed by atoms with E-state index in [0.29, 0.717) is 25.9 Å². The van der Waals surface area contributed by atoms with E-state index < -0.39 is 10.0 Å². The molecule has 2 aliphatic heterocycles. The maximum Gasteiger partial charge on any atom is 0.226 e. The summed E-state index contributed by atoms with van der Waals surface area (Å²) in [5, 5.41) is 0. The standard InChI is InChI=1S/C18H27N3O3S/c1-19-12-13-21(17(14-19)15-6-4-3-5-7-15)18(22)16-8-10-20(11-9-16)25(2,23)24/h3-7,16-17H,8-14H2,1-2H3. The molecule has 0 N–H and O–H groups in total. The molecule has 0 radical (unpaired) electrons. The van der Waals surface area contributed by atoms with Crippen LogP contribution in [0.15, 0.2) is 30.3 Å². The Bertz CT molecular complexity index is 700. The fourth-order valence-corrected chi connectivity index (χ4v) is 4.69. The summed E-state index contributed by atoms with van der Waals surface area (Å²) in [6, 6.07) is 10.2. The highest BCUT2D eigenvalue weighted by molar-refractivity contribution is 7.88. The van der Waals surface area contributed by atoms with E-state index >= 15 is 0 Å². The summed E-state index contributed by atoms with van der Waals surface area (Å²) >= 11 is 0. The number of carbonyl (C=O) groups is 1. The number of piperazine rings is 1. The molecule has 0 spiro atoms. The van der Waals surface area contributed by atoms with Crippen molar-refractivity contribution in [3.63, 3.8) is 0 Å². The van der Waals surface area contributed by atoms with Crippen molar-refractivity contribution in [2.45, 2.75) is 18.9 Å². The molecule has 7 heteroatoms. The van der Waals surface area contributed by atoms with Gasteiger partial charge in [0.15, 0.2) is 0 Å². The van der Waals surface area contributed by atoms with E-state index in [1.807, 2.05) is 23.1 Å². The smallest absolute Gasteiger partial charge is 0.226 e. The Hall–Kier alpha value is -1.44. The number of piperidine rings is 1. The minimum absolute atomic E-state index is 0.0698. The monoisotopic (exact) mass is 365 g/mol. The maximum atomic E-state index is 13.1. The number of amides is 1. The molecule has 1 atom stereocenters. The molecular formula is C18H27N3O3S. The molecule has 25 heavy (non-hydrogen) atoms. The predicted molar refractivity (Wildman–Crippen MR) is 97.5 cm³/mol. The molecule has 1 amide bonds. The molecule has 1 aromatic carbocycles. The molecule has 2 fully saturated rings. The van der Waals surface area contributed by atoms with Crippen LogP contribution in [0.1, 0.15) is 24.4 Å². The first-order valence-corrected chi connectivity index (χ1v) is 10.7. The minimum atomic E-state index is -3.16. The Balaban J connectivity index is 1.72. The van der Waals surface area contributed by atoms with Crippen molar-refractivity contribution >= 4 is 15.9 Å². The van der Waals surface area contributed by atoms with Crippen LogP contribution in [0.25, 0.3) is 0 Å². The lowest BCUT2D eigenvalue weighted by Crippen LogP contribution is -2.52. The van der Waals surface area contributed by atoms with Crippen molar-refractivity contribution in [3.8, 4) is 0 Å². The molecular weight excluding hydrogens is 338 g/mol. The number of carbonyl (C=O) groups excluding carboxylic acids is 1. The van der Waals surface area contributed by atoms with Gasteiger partial charge in [0.1, 0.15) is 0 Å². The average molecular weight is 365 g/mol. The van der Waals surface area contributed by atoms with Crippen LogP contribution in [0.4, 0.5) is 0 Å². The second-order valence-corrected chi connectivity index (χ2v) is 9.14. The van der Waals surface area contributed by atoms with Crippen LogP contribution >= 0.6 is 0 Å². The molecule has 0 aliphatic carbocycles. The zero-order valence-electron chi connectivity index (χ0n) is 15.0. The van der Waals surface area contributed by atoms with E-state index in [0.717, 1.165) is 25.2 Å². The highest BCUT2D eigenvalue weighted by Crippen LogP contribution is 2.29. The van der Waals surface area contributed by atoms with Gasteiger partial charge in [-0.25, -0.2) is 12.7 Å². The van der Waals surface area contributed by atoms with Crippen molar-refractivity contribution in [1.29, 1.82) is 0 Å². The van der Waals surface area contributed by atoms with Gasteiger partial charge >= 0.3 is 0 Å². The minimum Gasteiger partial charge on any atom is -0.333 e. The normalized spacial score (nSPS) is 24.4. The fraction of sp³-hybridized carbons (Fsp3) is 0.611. The van der Waals surface area contributed by atoms with Gasteiger partial charge in [0.2, 0.25) is 15.9 Å². The summed E-state index contributed by atoms with van der Waals surface area (Å²) in [7, 11) is -1.07. The van der Waals surface area contributed by atoms with Gasteiger partial charge in [-0.05, 0) is 25.5 Å². The molecule has 0 aromatic heterocycles. The van der Waals surface area contributed by atoms with E-state index in [1.54, 1.807) is 0 Å². The largest absolute Gasteiger partial charge is 0.333 e. The Morgan fingerprint density at radius 3 is 2.28 bits per heavy atom. The summed E-state index contributed by atoms with van der Waals surface area (Å²) in [4.78, 5) is 17.4. The van der Waals surface area contributed by atoms with E-state index in [1.165, 1.54) is 10.6 Å². The first kappa shape index (κ1) is 18.4. The van der Waals surface area contributed by atoms with Gasteiger partial charge in [-0.2, -0.15) is 0 Å². The first-order valence-electron chi connectivity index (χ1n) is 8.85. The van der Waals surface area contributed by atoms with Crippen molar-refractivity contribution in [1.82, 2.24) is 14.1 Å². The van der Waals surface area contributed by atoms with Gasteiger partial charge in [-0.1, -0.05) is 30.3 Å². The highest BCUT2D eigenvalue weighted by atomic mass is 32.2. The van der Waals surface area contributed by atoms with Gasteiger partial charge in [0.25, 0.3) is 0 Å². The van der Waals surface area contributed by atoms with Gasteiger partial charge in [0.05, 0.1) is 12.3 Å². The lowest BCUT2D eigenvalue weighted by Gasteiger charge is -2.42. The number of hydrogen-bond donors (Lipinski definition) is 0. The number of likely N-dealkylation sites (N-methyl/N-ethyl adjacent to an activating group) is 1. The third-order valence-corrected chi connectivity index (χ3v) is 6.63. The van der Waals surface area contributed by atoms with E-state index in [9.17, 15) is 13.2 Å². The van der Waals surface area contributed by atoms with Crippen LogP contribution in [-0.2, 0) is 14.8 Å². The number of hydrogen-bond acceptors (Lipinski definition) is 4. The van der Waals surface area contributed by atoms with Gasteiger partial charge in [0, 0.05) is 38.6 Å². The van der Waals surface area contributed by atoms with Crippen LogP contribution in [0.5, 0.6) is 0 Å². The van der Waals surface area contributed by atoms with E-state index in [4.69, 9.17) is 0 Å². The molecule has 1 unspecified atom stereocenters. The van der Waals surface area contributed by atoms with Gasteiger partial charge < -0.3 is 9.80 Å². The van der Waals surface area contributed by atoms with Gasteiger partial charge in [-0.15, -0.1) is 0 Å². The van der Waals surface area contributed by atoms with Crippen LogP contribution in [0.3, 0.4) is 0 Å². The topological polar surface area (TPSA) is 60.9 Å². The maximum absolute atomic E-state index is 13.1. The molecule has 3 rings (SSSR count). The zero-order chi connectivity index (χ0) is 18.0. The second kappa shape index (κ2) is 7.43. The Labute approximate surface area is 150 Å².